The molecule has 14 heteroatoms. The number of benzene rings is 5. The van der Waals surface area contributed by atoms with Crippen LogP contribution in [0.2, 0.25) is 5.02 Å². The molecule has 1 atom stereocenters. The van der Waals surface area contributed by atoms with E-state index in [1.807, 2.05) is 67.6 Å². The minimum atomic E-state index is -3.52. The van der Waals surface area contributed by atoms with E-state index >= 15 is 0 Å². The summed E-state index contributed by atoms with van der Waals surface area (Å²) in [6.07, 6.45) is 4.67. The second-order valence-electron chi connectivity index (χ2n) is 21.4. The van der Waals surface area contributed by atoms with Crippen molar-refractivity contribution >= 4 is 90.0 Å². The van der Waals surface area contributed by atoms with Crippen LogP contribution in [0.15, 0.2) is 95.4 Å². The van der Waals surface area contributed by atoms with Crippen LogP contribution in [0.3, 0.4) is 0 Å². The number of nitrogens with zero attached hydrogens (tertiary/aromatic N) is 3. The van der Waals surface area contributed by atoms with Gasteiger partial charge in [-0.1, -0.05) is 128 Å². The third kappa shape index (κ3) is 12.1. The lowest BCUT2D eigenvalue weighted by atomic mass is 9.72. The quantitative estimate of drug-likeness (QED) is 0.0796. The zero-order valence-corrected chi connectivity index (χ0v) is 43.2. The van der Waals surface area contributed by atoms with Gasteiger partial charge in [-0.05, 0) is 125 Å². The zero-order valence-electron chi connectivity index (χ0n) is 41.6. The Morgan fingerprint density at radius 2 is 1.61 bits per heavy atom. The average Bonchev–Trinajstić information content (AvgIpc) is 3.96. The molecule has 0 radical (unpaired) electrons. The Labute approximate surface area is 416 Å². The second kappa shape index (κ2) is 20.1. The van der Waals surface area contributed by atoms with Crippen molar-refractivity contribution < 1.29 is 32.0 Å². The van der Waals surface area contributed by atoms with Gasteiger partial charge in [0, 0.05) is 22.5 Å². The van der Waals surface area contributed by atoms with Crippen LogP contribution in [0.25, 0.3) is 33.5 Å². The van der Waals surface area contributed by atoms with Gasteiger partial charge in [0.25, 0.3) is 5.91 Å². The summed E-state index contributed by atoms with van der Waals surface area (Å²) in [5.41, 5.74) is 5.89. The van der Waals surface area contributed by atoms with Gasteiger partial charge in [-0.2, -0.15) is 5.26 Å². The molecule has 0 bridgehead atoms. The smallest absolute Gasteiger partial charge is 0.415 e. The molecular formula is C56H62ClN5O7S. The average molecular weight is 985 g/mol. The first-order chi connectivity index (χ1) is 32.8. The number of ether oxygens (including phenoxy) is 1. The van der Waals surface area contributed by atoms with Crippen molar-refractivity contribution in [3.8, 4) is 6.07 Å². The molecular weight excluding hydrogens is 922 g/mol. The molecule has 0 aliphatic heterocycles. The number of ketones is 1. The van der Waals surface area contributed by atoms with Crippen LogP contribution in [0.4, 0.5) is 21.9 Å². The maximum absolute atomic E-state index is 14.5. The first-order valence-electron chi connectivity index (χ1n) is 23.6. The van der Waals surface area contributed by atoms with Crippen LogP contribution in [0.5, 0.6) is 0 Å². The van der Waals surface area contributed by atoms with Gasteiger partial charge in [-0.15, -0.1) is 0 Å². The first-order valence-corrected chi connectivity index (χ1v) is 25.8. The van der Waals surface area contributed by atoms with E-state index in [4.69, 9.17) is 25.7 Å². The van der Waals surface area contributed by atoms with Gasteiger partial charge in [0.15, 0.2) is 11.4 Å². The SMILES string of the molecule is Cc1cc(N(C(=O)OC(C(=O)Nc2cc(Cc3ccc(NS(C)(=O)=O)c4ccccc34)ccc2Cl)C(=O)C(C)(C)C)C2CCCC2)ccc1/C=C(\C#N)c1nc2cc(C(C)(C)CC(C)(C)C)ccc2o1. The Morgan fingerprint density at radius 1 is 0.914 bits per heavy atom. The fourth-order valence-corrected chi connectivity index (χ4v) is 10.3. The third-order valence-corrected chi connectivity index (χ3v) is 13.6. The van der Waals surface area contributed by atoms with Crippen LogP contribution in [-0.2, 0) is 36.2 Å². The van der Waals surface area contributed by atoms with Gasteiger partial charge in [0.1, 0.15) is 17.2 Å². The van der Waals surface area contributed by atoms with Crippen LogP contribution in [0, 0.1) is 29.1 Å². The van der Waals surface area contributed by atoms with Gasteiger partial charge in [-0.25, -0.2) is 18.2 Å². The number of Topliss-reactive ketones (excluding diaryl/α,β-unsaturated/α-hetero) is 1. The van der Waals surface area contributed by atoms with Crippen LogP contribution in [-0.4, -0.2) is 49.6 Å². The van der Waals surface area contributed by atoms with Gasteiger partial charge in [-0.3, -0.25) is 19.2 Å². The molecule has 1 aromatic heterocycles. The molecule has 1 aliphatic rings. The standard InChI is InChI=1S/C56H62ClN5O7S/c1-34-27-41(23-20-36(34)30-38(32-58)52-60-47-31-39(22-26-48(47)68-52)56(8,9)33-54(2,3)4)62(40-15-11-12-16-40)53(65)69-49(50(63)55(5,6)7)51(64)59-46-29-35(19-24-44(46)57)28-37-21-25-45(61-70(10,66)67)43-18-14-13-17-42(37)43/h13-14,17-27,29-31,40,49,61H,11-12,15-16,28,33H2,1-10H3,(H,59,64)/b38-30+. The van der Waals surface area contributed by atoms with Crippen LogP contribution >= 0.6 is 11.6 Å². The molecule has 366 valence electrons. The summed E-state index contributed by atoms with van der Waals surface area (Å²) in [4.78, 5) is 49.2. The number of halogens is 1. The predicted molar refractivity (Wildman–Crippen MR) is 281 cm³/mol. The number of oxazole rings is 1. The molecule has 1 heterocycles. The Bertz CT molecular complexity index is 3180. The molecule has 12 nitrogen and oxygen atoms in total. The molecule has 1 fully saturated rings. The highest BCUT2D eigenvalue weighted by Gasteiger charge is 2.41. The van der Waals surface area contributed by atoms with Crippen molar-refractivity contribution in [1.29, 1.82) is 5.26 Å². The van der Waals surface area contributed by atoms with E-state index in [1.165, 1.54) is 4.90 Å². The number of sulfonamides is 1. The third-order valence-electron chi connectivity index (χ3n) is 12.6. The molecule has 1 saturated carbocycles. The lowest BCUT2D eigenvalue weighted by Crippen LogP contribution is -2.48. The monoisotopic (exact) mass is 983 g/mol. The second-order valence-corrected chi connectivity index (χ2v) is 23.5. The minimum absolute atomic E-state index is 0.106. The maximum atomic E-state index is 14.5. The summed E-state index contributed by atoms with van der Waals surface area (Å²) in [7, 11) is -3.52. The summed E-state index contributed by atoms with van der Waals surface area (Å²) in [6, 6.07) is 29.6. The van der Waals surface area contributed by atoms with Crippen molar-refractivity contribution in [1.82, 2.24) is 4.98 Å². The van der Waals surface area contributed by atoms with E-state index in [2.05, 4.69) is 56.8 Å². The van der Waals surface area contributed by atoms with Crippen molar-refractivity contribution in [3.05, 3.63) is 130 Å². The molecule has 70 heavy (non-hydrogen) atoms. The van der Waals surface area contributed by atoms with E-state index < -0.39 is 39.3 Å². The first kappa shape index (κ1) is 51.4. The van der Waals surface area contributed by atoms with Crippen molar-refractivity contribution in [2.45, 2.75) is 118 Å². The molecule has 2 N–H and O–H groups in total. The number of aromatic nitrogens is 1. The summed E-state index contributed by atoms with van der Waals surface area (Å²) in [5.74, 6) is -1.26. The van der Waals surface area contributed by atoms with E-state index in [0.717, 1.165) is 58.5 Å². The summed E-state index contributed by atoms with van der Waals surface area (Å²) < 4.78 is 38.9. The van der Waals surface area contributed by atoms with E-state index in [1.54, 1.807) is 51.1 Å². The topological polar surface area (TPSA) is 172 Å². The molecule has 7 rings (SSSR count). The van der Waals surface area contributed by atoms with E-state index in [9.17, 15) is 28.1 Å². The Kier molecular flexibility index (Phi) is 14.7. The number of hydrogen-bond donors (Lipinski definition) is 2. The largest absolute Gasteiger partial charge is 0.435 e. The van der Waals surface area contributed by atoms with Crippen molar-refractivity contribution in [3.63, 3.8) is 0 Å². The highest BCUT2D eigenvalue weighted by molar-refractivity contribution is 7.92. The van der Waals surface area contributed by atoms with Gasteiger partial charge in [0.05, 0.1) is 22.7 Å². The van der Waals surface area contributed by atoms with Crippen molar-refractivity contribution in [2.75, 3.05) is 21.2 Å². The molecule has 0 saturated heterocycles. The Hall–Kier alpha value is -6.49. The molecule has 6 aromatic rings. The minimum Gasteiger partial charge on any atom is -0.435 e. The Morgan fingerprint density at radius 3 is 2.26 bits per heavy atom. The summed E-state index contributed by atoms with van der Waals surface area (Å²) >= 11 is 6.67. The fraction of sp³-hybridized carbons (Fsp3) is 0.375. The van der Waals surface area contributed by atoms with Crippen LogP contribution < -0.4 is 14.9 Å². The number of carbonyl (C=O) groups is 3. The molecule has 2 amide bonds. The number of nitriles is 1. The number of fused-ring (bicyclic) bond motifs is 2. The lowest BCUT2D eigenvalue weighted by molar-refractivity contribution is -0.142. The normalized spacial score (nSPS) is 14.3. The van der Waals surface area contributed by atoms with Crippen molar-refractivity contribution in [2.24, 2.45) is 10.8 Å². The number of allylic oxidation sites excluding steroid dienone is 1. The Balaban J connectivity index is 1.14. The molecule has 0 spiro atoms. The number of carbonyl (C=O) groups excluding carboxylic acids is 3. The predicted octanol–water partition coefficient (Wildman–Crippen LogP) is 13.2. The van der Waals surface area contributed by atoms with E-state index in [-0.39, 0.29) is 39.0 Å². The molecule has 5 aromatic carbocycles. The van der Waals surface area contributed by atoms with Gasteiger partial charge < -0.3 is 14.5 Å². The van der Waals surface area contributed by atoms with E-state index in [0.29, 0.717) is 47.3 Å². The lowest BCUT2D eigenvalue weighted by Gasteiger charge is -2.32. The number of nitrogens with one attached hydrogen (secondary N) is 2. The molecule has 1 unspecified atom stereocenters. The number of rotatable bonds is 14. The highest BCUT2D eigenvalue weighted by Crippen LogP contribution is 2.39. The summed E-state index contributed by atoms with van der Waals surface area (Å²) in [6.45, 7) is 18.0. The van der Waals surface area contributed by atoms with Crippen LogP contribution in [0.1, 0.15) is 121 Å². The molecule has 1 aliphatic carbocycles. The fourth-order valence-electron chi connectivity index (χ4n) is 9.57. The zero-order chi connectivity index (χ0) is 50.9. The number of anilines is 3. The maximum Gasteiger partial charge on any atom is 0.415 e. The number of amides is 2. The summed E-state index contributed by atoms with van der Waals surface area (Å²) in [5, 5.41) is 14.9. The van der Waals surface area contributed by atoms with Gasteiger partial charge >= 0.3 is 6.09 Å². The number of hydrogen-bond acceptors (Lipinski definition) is 9. The number of aryl methyl sites for hydroxylation is 1. The highest BCUT2D eigenvalue weighted by atomic mass is 35.5. The van der Waals surface area contributed by atoms with Gasteiger partial charge in [0.2, 0.25) is 22.0 Å².